The molecule has 2 aromatic heterocycles. The number of aliphatic hydroxyl groups is 1. The van der Waals surface area contributed by atoms with Crippen LogP contribution in [-0.4, -0.2) is 57.6 Å². The van der Waals surface area contributed by atoms with Crippen LogP contribution in [0.15, 0.2) is 59.0 Å². The van der Waals surface area contributed by atoms with E-state index in [0.717, 1.165) is 17.5 Å². The monoisotopic (exact) mass is 542 g/mol. The standard InChI is InChI=1S/C31H31FN4O4/c1-3-19-14-27(30(38)36-13-10-20-6-4-5-7-23(20)18(36)2)34-26-16-28(40-29(19)26)24-9-8-21(15-25(24)32)33-31(39)35-12-11-22(37)17-35/h4-9,14-16,18,22,37H,3,10-13,17H2,1-2H3,(H,33,39)/t18-,22?/m1/s1. The van der Waals surface area contributed by atoms with Gasteiger partial charge in [-0.15, -0.1) is 0 Å². The highest BCUT2D eigenvalue weighted by atomic mass is 19.1. The van der Waals surface area contributed by atoms with E-state index in [4.69, 9.17) is 4.42 Å². The number of carbonyl (C=O) groups is 2. The maximum atomic E-state index is 15.2. The van der Waals surface area contributed by atoms with E-state index in [1.807, 2.05) is 30.9 Å². The molecule has 4 heterocycles. The van der Waals surface area contributed by atoms with Gasteiger partial charge in [0.15, 0.2) is 5.58 Å². The average Bonchev–Trinajstić information content (AvgIpc) is 3.59. The van der Waals surface area contributed by atoms with Crippen LogP contribution in [0.1, 0.15) is 53.5 Å². The van der Waals surface area contributed by atoms with Crippen LogP contribution in [0.4, 0.5) is 14.9 Å². The third-order valence-corrected chi connectivity index (χ3v) is 7.95. The highest BCUT2D eigenvalue weighted by Crippen LogP contribution is 2.34. The third-order valence-electron chi connectivity index (χ3n) is 7.95. The van der Waals surface area contributed by atoms with Crippen LogP contribution in [0.25, 0.3) is 22.4 Å². The first-order chi connectivity index (χ1) is 19.3. The quantitative estimate of drug-likeness (QED) is 0.352. The van der Waals surface area contributed by atoms with Crippen molar-refractivity contribution in [1.29, 1.82) is 0 Å². The Bertz CT molecular complexity index is 1620. The highest BCUT2D eigenvalue weighted by molar-refractivity contribution is 5.96. The van der Waals surface area contributed by atoms with E-state index >= 15 is 4.39 Å². The van der Waals surface area contributed by atoms with Gasteiger partial charge < -0.3 is 24.6 Å². The Morgan fingerprint density at radius 1 is 1.15 bits per heavy atom. The SMILES string of the molecule is CCc1cc(C(=O)N2CCc3ccccc3[C@H]2C)nc2cc(-c3ccc(NC(=O)N4CCC(O)C4)cc3F)oc12. The van der Waals surface area contributed by atoms with Gasteiger partial charge in [0, 0.05) is 31.4 Å². The molecule has 0 spiro atoms. The minimum absolute atomic E-state index is 0.0661. The fourth-order valence-electron chi connectivity index (χ4n) is 5.71. The molecule has 206 valence electrons. The lowest BCUT2D eigenvalue weighted by atomic mass is 9.93. The Labute approximate surface area is 231 Å². The molecule has 2 aliphatic heterocycles. The number of aromatic nitrogens is 1. The van der Waals surface area contributed by atoms with Gasteiger partial charge in [0.2, 0.25) is 0 Å². The number of likely N-dealkylation sites (tertiary alicyclic amines) is 1. The first-order valence-electron chi connectivity index (χ1n) is 13.7. The molecule has 40 heavy (non-hydrogen) atoms. The number of furan rings is 1. The summed E-state index contributed by atoms with van der Waals surface area (Å²) in [6.45, 7) is 5.33. The third kappa shape index (κ3) is 4.70. The van der Waals surface area contributed by atoms with Crippen LogP contribution < -0.4 is 5.32 Å². The predicted octanol–water partition coefficient (Wildman–Crippen LogP) is 5.55. The first-order valence-corrected chi connectivity index (χ1v) is 13.7. The van der Waals surface area contributed by atoms with E-state index in [2.05, 4.69) is 22.4 Å². The Hall–Kier alpha value is -4.24. The maximum Gasteiger partial charge on any atom is 0.321 e. The zero-order valence-electron chi connectivity index (χ0n) is 22.5. The van der Waals surface area contributed by atoms with Gasteiger partial charge in [0.1, 0.15) is 22.8 Å². The van der Waals surface area contributed by atoms with Crippen LogP contribution in [-0.2, 0) is 12.8 Å². The van der Waals surface area contributed by atoms with E-state index in [0.29, 0.717) is 54.2 Å². The van der Waals surface area contributed by atoms with Crippen molar-refractivity contribution >= 4 is 28.7 Å². The number of aryl methyl sites for hydroxylation is 1. The lowest BCUT2D eigenvalue weighted by molar-refractivity contribution is 0.0672. The van der Waals surface area contributed by atoms with Crippen molar-refractivity contribution in [3.8, 4) is 11.3 Å². The number of benzene rings is 2. The summed E-state index contributed by atoms with van der Waals surface area (Å²) < 4.78 is 21.3. The van der Waals surface area contributed by atoms with E-state index < -0.39 is 11.9 Å². The number of hydrogen-bond acceptors (Lipinski definition) is 5. The molecular formula is C31H31FN4O4. The fourth-order valence-corrected chi connectivity index (χ4v) is 5.71. The normalized spacial score (nSPS) is 18.7. The number of fused-ring (bicyclic) bond motifs is 2. The number of nitrogens with zero attached hydrogens (tertiary/aromatic N) is 3. The second-order valence-electron chi connectivity index (χ2n) is 10.5. The van der Waals surface area contributed by atoms with Crippen molar-refractivity contribution in [2.45, 2.75) is 45.3 Å². The van der Waals surface area contributed by atoms with Gasteiger partial charge in [-0.3, -0.25) is 4.79 Å². The lowest BCUT2D eigenvalue weighted by Gasteiger charge is -2.35. The molecule has 2 aromatic carbocycles. The number of amides is 3. The van der Waals surface area contributed by atoms with Crippen LogP contribution in [0.2, 0.25) is 0 Å². The minimum atomic E-state index is -0.562. The molecule has 4 aromatic rings. The van der Waals surface area contributed by atoms with Gasteiger partial charge >= 0.3 is 6.03 Å². The second kappa shape index (κ2) is 10.4. The van der Waals surface area contributed by atoms with Crippen LogP contribution in [0, 0.1) is 5.82 Å². The minimum Gasteiger partial charge on any atom is -0.454 e. The van der Waals surface area contributed by atoms with Crippen LogP contribution in [0.5, 0.6) is 0 Å². The number of halogens is 1. The number of hydrogen-bond donors (Lipinski definition) is 2. The average molecular weight is 543 g/mol. The largest absolute Gasteiger partial charge is 0.454 e. The molecular weight excluding hydrogens is 511 g/mol. The molecule has 2 atom stereocenters. The molecule has 1 saturated heterocycles. The second-order valence-corrected chi connectivity index (χ2v) is 10.5. The molecule has 0 radical (unpaired) electrons. The molecule has 0 bridgehead atoms. The maximum absolute atomic E-state index is 15.2. The zero-order chi connectivity index (χ0) is 28.0. The number of aliphatic hydroxyl groups excluding tert-OH is 1. The van der Waals surface area contributed by atoms with Crippen molar-refractivity contribution in [3.05, 3.63) is 82.8 Å². The number of β-amino-alcohol motifs (C(OH)–C–C–N with tert-alkyl or cyclic N) is 1. The fraction of sp³-hybridized carbons (Fsp3) is 0.323. The molecule has 2 N–H and O–H groups in total. The van der Waals surface area contributed by atoms with E-state index in [1.54, 1.807) is 24.3 Å². The molecule has 6 rings (SSSR count). The van der Waals surface area contributed by atoms with Gasteiger partial charge in [-0.1, -0.05) is 31.2 Å². The summed E-state index contributed by atoms with van der Waals surface area (Å²) in [7, 11) is 0. The molecule has 3 amide bonds. The number of rotatable bonds is 4. The van der Waals surface area contributed by atoms with E-state index in [-0.39, 0.29) is 30.1 Å². The summed E-state index contributed by atoms with van der Waals surface area (Å²) in [5.41, 5.74) is 5.12. The molecule has 0 aliphatic carbocycles. The summed E-state index contributed by atoms with van der Waals surface area (Å²) in [6.07, 6.45) is 1.40. The van der Waals surface area contributed by atoms with Gasteiger partial charge in [-0.25, -0.2) is 14.2 Å². The van der Waals surface area contributed by atoms with Gasteiger partial charge in [0.05, 0.1) is 17.7 Å². The predicted molar refractivity (Wildman–Crippen MR) is 150 cm³/mol. The topological polar surface area (TPSA) is 98.9 Å². The summed E-state index contributed by atoms with van der Waals surface area (Å²) in [5.74, 6) is -0.410. The van der Waals surface area contributed by atoms with E-state index in [9.17, 15) is 14.7 Å². The molecule has 8 nitrogen and oxygen atoms in total. The number of anilines is 1. The smallest absolute Gasteiger partial charge is 0.321 e. The summed E-state index contributed by atoms with van der Waals surface area (Å²) in [5, 5.41) is 12.3. The van der Waals surface area contributed by atoms with Crippen molar-refractivity contribution in [1.82, 2.24) is 14.8 Å². The zero-order valence-corrected chi connectivity index (χ0v) is 22.5. The van der Waals surface area contributed by atoms with E-state index in [1.165, 1.54) is 16.5 Å². The van der Waals surface area contributed by atoms with Gasteiger partial charge in [0.25, 0.3) is 5.91 Å². The Balaban J connectivity index is 1.26. The Kier molecular flexibility index (Phi) is 6.75. The molecule has 1 unspecified atom stereocenters. The van der Waals surface area contributed by atoms with Crippen molar-refractivity contribution in [3.63, 3.8) is 0 Å². The number of pyridine rings is 1. The molecule has 0 saturated carbocycles. The van der Waals surface area contributed by atoms with Crippen molar-refractivity contribution in [2.24, 2.45) is 0 Å². The Morgan fingerprint density at radius 2 is 1.98 bits per heavy atom. The first kappa shape index (κ1) is 26.0. The number of carbonyl (C=O) groups excluding carboxylic acids is 2. The van der Waals surface area contributed by atoms with Crippen LogP contribution >= 0.6 is 0 Å². The summed E-state index contributed by atoms with van der Waals surface area (Å²) in [6, 6.07) is 15.6. The van der Waals surface area contributed by atoms with Crippen LogP contribution in [0.3, 0.4) is 0 Å². The molecule has 1 fully saturated rings. The van der Waals surface area contributed by atoms with Gasteiger partial charge in [-0.2, -0.15) is 0 Å². The highest BCUT2D eigenvalue weighted by Gasteiger charge is 2.30. The summed E-state index contributed by atoms with van der Waals surface area (Å²) in [4.78, 5) is 34.0. The molecule has 9 heteroatoms. The lowest BCUT2D eigenvalue weighted by Crippen LogP contribution is -2.39. The van der Waals surface area contributed by atoms with Crippen molar-refractivity contribution in [2.75, 3.05) is 25.0 Å². The Morgan fingerprint density at radius 3 is 2.73 bits per heavy atom. The summed E-state index contributed by atoms with van der Waals surface area (Å²) >= 11 is 0. The van der Waals surface area contributed by atoms with Gasteiger partial charge in [-0.05, 0) is 67.1 Å². The number of urea groups is 1. The van der Waals surface area contributed by atoms with Crippen molar-refractivity contribution < 1.29 is 23.5 Å². The molecule has 2 aliphatic rings. The number of nitrogens with one attached hydrogen (secondary N) is 1.